The van der Waals surface area contributed by atoms with E-state index in [4.69, 9.17) is 4.74 Å². The summed E-state index contributed by atoms with van der Waals surface area (Å²) in [7, 11) is 1.73. The van der Waals surface area contributed by atoms with Crippen LogP contribution in [0, 0.1) is 13.8 Å². The zero-order valence-electron chi connectivity index (χ0n) is 13.7. The van der Waals surface area contributed by atoms with E-state index in [-0.39, 0.29) is 0 Å². The van der Waals surface area contributed by atoms with E-state index in [1.807, 2.05) is 0 Å². The Morgan fingerprint density at radius 3 is 2.43 bits per heavy atom. The maximum absolute atomic E-state index is 5.48. The normalized spacial score (nSPS) is 11.0. The summed E-state index contributed by atoms with van der Waals surface area (Å²) in [6.07, 6.45) is 0. The summed E-state index contributed by atoms with van der Waals surface area (Å²) >= 11 is 0. The van der Waals surface area contributed by atoms with Gasteiger partial charge in [-0.25, -0.2) is 0 Å². The molecule has 0 atom stereocenters. The van der Waals surface area contributed by atoms with Gasteiger partial charge in [0.25, 0.3) is 0 Å². The monoisotopic (exact) mass is 283 g/mol. The Bertz CT molecular complexity index is 617. The Balaban J connectivity index is 2.38. The number of rotatable bonds is 5. The first-order valence-electron chi connectivity index (χ1n) is 7.49. The largest absolute Gasteiger partial charge is 0.496 e. The quantitative estimate of drug-likeness (QED) is 0.873. The van der Waals surface area contributed by atoms with Crippen LogP contribution in [0.3, 0.4) is 0 Å². The third-order valence-corrected chi connectivity index (χ3v) is 3.67. The molecule has 0 unspecified atom stereocenters. The summed E-state index contributed by atoms with van der Waals surface area (Å²) < 4.78 is 5.48. The van der Waals surface area contributed by atoms with Crippen molar-refractivity contribution in [3.05, 3.63) is 53.1 Å². The highest BCUT2D eigenvalue weighted by Gasteiger charge is 2.08. The molecule has 21 heavy (non-hydrogen) atoms. The second kappa shape index (κ2) is 6.77. The average molecular weight is 283 g/mol. The van der Waals surface area contributed by atoms with Crippen molar-refractivity contribution < 1.29 is 4.74 Å². The van der Waals surface area contributed by atoms with Gasteiger partial charge in [0, 0.05) is 18.2 Å². The van der Waals surface area contributed by atoms with Crippen molar-refractivity contribution in [1.29, 1.82) is 0 Å². The smallest absolute Gasteiger partial charge is 0.123 e. The molecule has 2 heteroatoms. The molecule has 0 aliphatic carbocycles. The first-order valence-corrected chi connectivity index (χ1v) is 7.49. The molecule has 0 spiro atoms. The van der Waals surface area contributed by atoms with Gasteiger partial charge < -0.3 is 10.1 Å². The lowest BCUT2D eigenvalue weighted by Gasteiger charge is -2.14. The Kier molecular flexibility index (Phi) is 5.03. The minimum Gasteiger partial charge on any atom is -0.496 e. The van der Waals surface area contributed by atoms with Crippen molar-refractivity contribution in [2.45, 2.75) is 40.3 Å². The van der Waals surface area contributed by atoms with Crippen molar-refractivity contribution in [2.24, 2.45) is 0 Å². The number of methoxy groups -OCH3 is 1. The summed E-state index contributed by atoms with van der Waals surface area (Å²) in [6.45, 7) is 9.42. The summed E-state index contributed by atoms with van der Waals surface area (Å²) in [5.41, 5.74) is 6.33. The molecule has 0 bridgehead atoms. The summed E-state index contributed by atoms with van der Waals surface area (Å²) in [5.74, 6) is 0.941. The highest BCUT2D eigenvalue weighted by Crippen LogP contribution is 2.29. The second-order valence-corrected chi connectivity index (χ2v) is 5.88. The minimum absolute atomic E-state index is 0.458. The molecule has 2 nitrogen and oxygen atoms in total. The molecule has 2 rings (SSSR count). The van der Waals surface area contributed by atoms with Crippen LogP contribution in [-0.2, 0) is 6.54 Å². The lowest BCUT2D eigenvalue weighted by Crippen LogP contribution is -2.22. The van der Waals surface area contributed by atoms with Crippen molar-refractivity contribution >= 4 is 0 Å². The molecule has 0 aliphatic rings. The van der Waals surface area contributed by atoms with Crippen LogP contribution < -0.4 is 10.1 Å². The molecule has 0 heterocycles. The van der Waals surface area contributed by atoms with Gasteiger partial charge in [-0.1, -0.05) is 43.7 Å². The SMILES string of the molecule is COc1ccc(-c2ccc(C)cc2C)cc1CNC(C)C. The molecule has 0 saturated carbocycles. The Labute approximate surface area is 128 Å². The second-order valence-electron chi connectivity index (χ2n) is 5.88. The molecule has 0 aliphatic heterocycles. The molecule has 0 fully saturated rings. The van der Waals surface area contributed by atoms with Gasteiger partial charge in [0.15, 0.2) is 0 Å². The van der Waals surface area contributed by atoms with Crippen molar-refractivity contribution in [1.82, 2.24) is 5.32 Å². The van der Waals surface area contributed by atoms with Gasteiger partial charge in [0.2, 0.25) is 0 Å². The van der Waals surface area contributed by atoms with E-state index in [1.54, 1.807) is 7.11 Å². The average Bonchev–Trinajstić information content (AvgIpc) is 2.45. The van der Waals surface area contributed by atoms with E-state index >= 15 is 0 Å². The van der Waals surface area contributed by atoms with Gasteiger partial charge in [-0.2, -0.15) is 0 Å². The molecule has 0 aromatic heterocycles. The standard InChI is InChI=1S/C19H25NO/c1-13(2)20-12-17-11-16(7-9-19(17)21-5)18-8-6-14(3)10-15(18)4/h6-11,13,20H,12H2,1-5H3. The Hall–Kier alpha value is -1.80. The van der Waals surface area contributed by atoms with Crippen LogP contribution in [-0.4, -0.2) is 13.2 Å². The highest BCUT2D eigenvalue weighted by molar-refractivity contribution is 5.69. The van der Waals surface area contributed by atoms with Gasteiger partial charge in [0.05, 0.1) is 7.11 Å². The van der Waals surface area contributed by atoms with E-state index in [2.05, 4.69) is 69.4 Å². The molecule has 1 N–H and O–H groups in total. The molecule has 2 aromatic carbocycles. The fourth-order valence-corrected chi connectivity index (χ4v) is 2.54. The number of aryl methyl sites for hydroxylation is 2. The van der Waals surface area contributed by atoms with Crippen LogP contribution in [0.1, 0.15) is 30.5 Å². The zero-order valence-corrected chi connectivity index (χ0v) is 13.7. The molecule has 112 valence electrons. The van der Waals surface area contributed by atoms with E-state index in [1.165, 1.54) is 27.8 Å². The van der Waals surface area contributed by atoms with Gasteiger partial charge in [-0.15, -0.1) is 0 Å². The van der Waals surface area contributed by atoms with Gasteiger partial charge in [0.1, 0.15) is 5.75 Å². The lowest BCUT2D eigenvalue weighted by atomic mass is 9.97. The number of benzene rings is 2. The maximum Gasteiger partial charge on any atom is 0.123 e. The zero-order chi connectivity index (χ0) is 15.4. The first kappa shape index (κ1) is 15.6. The lowest BCUT2D eigenvalue weighted by molar-refractivity contribution is 0.406. The molecule has 0 radical (unpaired) electrons. The third-order valence-electron chi connectivity index (χ3n) is 3.67. The van der Waals surface area contributed by atoms with Gasteiger partial charge >= 0.3 is 0 Å². The van der Waals surface area contributed by atoms with Crippen LogP contribution in [0.25, 0.3) is 11.1 Å². The fraction of sp³-hybridized carbons (Fsp3) is 0.368. The summed E-state index contributed by atoms with van der Waals surface area (Å²) in [4.78, 5) is 0. The predicted octanol–water partition coefficient (Wildman–Crippen LogP) is 4.48. The van der Waals surface area contributed by atoms with E-state index in [0.29, 0.717) is 6.04 Å². The van der Waals surface area contributed by atoms with Crippen molar-refractivity contribution in [3.63, 3.8) is 0 Å². The number of hydrogen-bond donors (Lipinski definition) is 1. The fourth-order valence-electron chi connectivity index (χ4n) is 2.54. The molecule has 0 amide bonds. The number of nitrogens with one attached hydrogen (secondary N) is 1. The number of hydrogen-bond acceptors (Lipinski definition) is 2. The van der Waals surface area contributed by atoms with Crippen LogP contribution in [0.5, 0.6) is 5.75 Å². The van der Waals surface area contributed by atoms with Gasteiger partial charge in [-0.05, 0) is 42.7 Å². The van der Waals surface area contributed by atoms with E-state index in [9.17, 15) is 0 Å². The van der Waals surface area contributed by atoms with Crippen LogP contribution >= 0.6 is 0 Å². The molecular formula is C19H25NO. The first-order chi connectivity index (χ1) is 10.0. The van der Waals surface area contributed by atoms with Crippen molar-refractivity contribution in [3.8, 4) is 16.9 Å². The Morgan fingerprint density at radius 2 is 1.81 bits per heavy atom. The van der Waals surface area contributed by atoms with Crippen LogP contribution in [0.2, 0.25) is 0 Å². The van der Waals surface area contributed by atoms with E-state index < -0.39 is 0 Å². The third kappa shape index (κ3) is 3.85. The molecule has 0 saturated heterocycles. The predicted molar refractivity (Wildman–Crippen MR) is 89.9 cm³/mol. The van der Waals surface area contributed by atoms with Gasteiger partial charge in [-0.3, -0.25) is 0 Å². The van der Waals surface area contributed by atoms with Crippen molar-refractivity contribution in [2.75, 3.05) is 7.11 Å². The van der Waals surface area contributed by atoms with Crippen LogP contribution in [0.4, 0.5) is 0 Å². The molecule has 2 aromatic rings. The highest BCUT2D eigenvalue weighted by atomic mass is 16.5. The molecular weight excluding hydrogens is 258 g/mol. The summed E-state index contributed by atoms with van der Waals surface area (Å²) in [5, 5.41) is 3.46. The Morgan fingerprint density at radius 1 is 1.05 bits per heavy atom. The maximum atomic E-state index is 5.48. The van der Waals surface area contributed by atoms with E-state index in [0.717, 1.165) is 12.3 Å². The summed E-state index contributed by atoms with van der Waals surface area (Å²) in [6, 6.07) is 13.5. The number of ether oxygens (including phenoxy) is 1. The van der Waals surface area contributed by atoms with Crippen LogP contribution in [0.15, 0.2) is 36.4 Å². The topological polar surface area (TPSA) is 21.3 Å². The minimum atomic E-state index is 0.458.